The van der Waals surface area contributed by atoms with Crippen LogP contribution < -0.4 is 14.2 Å². The van der Waals surface area contributed by atoms with Gasteiger partial charge in [0.25, 0.3) is 0 Å². The highest BCUT2D eigenvalue weighted by Crippen LogP contribution is 2.63. The third-order valence-electron chi connectivity index (χ3n) is 7.94. The van der Waals surface area contributed by atoms with Crippen molar-refractivity contribution >= 4 is 8.32 Å². The van der Waals surface area contributed by atoms with Crippen LogP contribution in [0.1, 0.15) is 56.1 Å². The second kappa shape index (κ2) is 7.49. The molecule has 0 amide bonds. The maximum absolute atomic E-state index is 6.71. The largest absolute Gasteiger partial charge is 0.493 e. The van der Waals surface area contributed by atoms with Gasteiger partial charge in [0.05, 0.1) is 27.4 Å². The fraction of sp³-hybridized carbons (Fsp3) is 0.750. The molecular weight excluding hydrogens is 380 g/mol. The van der Waals surface area contributed by atoms with Gasteiger partial charge in [0, 0.05) is 5.56 Å². The Hall–Kier alpha value is -1.20. The summed E-state index contributed by atoms with van der Waals surface area (Å²) in [6.45, 7) is 9.52. The highest BCUT2D eigenvalue weighted by Gasteiger charge is 2.56. The molecule has 1 aromatic rings. The third kappa shape index (κ3) is 3.38. The molecule has 0 bridgehead atoms. The van der Waals surface area contributed by atoms with Crippen molar-refractivity contribution in [3.63, 3.8) is 0 Å². The van der Waals surface area contributed by atoms with Gasteiger partial charge in [0.1, 0.15) is 0 Å². The maximum atomic E-state index is 6.71. The molecule has 0 heterocycles. The lowest BCUT2D eigenvalue weighted by molar-refractivity contribution is -0.0142. The number of fused-ring (bicyclic) bond motifs is 5. The second-order valence-corrected chi connectivity index (χ2v) is 14.9. The van der Waals surface area contributed by atoms with Crippen LogP contribution in [0.5, 0.6) is 17.2 Å². The van der Waals surface area contributed by atoms with Gasteiger partial charge in [-0.05, 0) is 93.0 Å². The van der Waals surface area contributed by atoms with E-state index in [9.17, 15) is 0 Å². The van der Waals surface area contributed by atoms with E-state index < -0.39 is 8.32 Å². The monoisotopic (exact) mass is 418 g/mol. The molecule has 0 aromatic heterocycles. The zero-order valence-electron chi connectivity index (χ0n) is 19.3. The summed E-state index contributed by atoms with van der Waals surface area (Å²) in [4.78, 5) is 0. The molecule has 0 aliphatic heterocycles. The van der Waals surface area contributed by atoms with Crippen LogP contribution in [-0.4, -0.2) is 35.8 Å². The van der Waals surface area contributed by atoms with Crippen molar-refractivity contribution in [1.82, 2.24) is 0 Å². The average Bonchev–Trinajstić information content (AvgIpc) is 3.00. The molecule has 4 rings (SSSR count). The Labute approximate surface area is 177 Å². The highest BCUT2D eigenvalue weighted by atomic mass is 28.4. The fourth-order valence-electron chi connectivity index (χ4n) is 6.78. The molecular formula is C24H38O4Si. The van der Waals surface area contributed by atoms with E-state index >= 15 is 0 Å². The summed E-state index contributed by atoms with van der Waals surface area (Å²) in [5.74, 6) is 4.49. The third-order valence-corrected chi connectivity index (χ3v) is 8.93. The Morgan fingerprint density at radius 3 is 2.28 bits per heavy atom. The molecule has 0 N–H and O–H groups in total. The second-order valence-electron chi connectivity index (χ2n) is 10.5. The van der Waals surface area contributed by atoms with Crippen LogP contribution in [0.15, 0.2) is 6.07 Å². The van der Waals surface area contributed by atoms with Gasteiger partial charge in [-0.25, -0.2) is 0 Å². The van der Waals surface area contributed by atoms with Crippen molar-refractivity contribution in [2.45, 2.75) is 77.1 Å². The minimum Gasteiger partial charge on any atom is -0.493 e. The van der Waals surface area contributed by atoms with Crippen molar-refractivity contribution in [2.75, 3.05) is 21.3 Å². The molecule has 5 heteroatoms. The van der Waals surface area contributed by atoms with Crippen molar-refractivity contribution in [2.24, 2.45) is 17.3 Å². The lowest BCUT2D eigenvalue weighted by atomic mass is 9.55. The molecule has 5 atom stereocenters. The van der Waals surface area contributed by atoms with E-state index in [1.807, 2.05) is 0 Å². The molecule has 162 valence electrons. The van der Waals surface area contributed by atoms with Crippen LogP contribution >= 0.6 is 0 Å². The Kier molecular flexibility index (Phi) is 5.43. The number of methoxy groups -OCH3 is 3. The molecule has 1 aromatic carbocycles. The highest BCUT2D eigenvalue weighted by molar-refractivity contribution is 6.69. The minimum absolute atomic E-state index is 0.333. The van der Waals surface area contributed by atoms with E-state index in [0.717, 1.165) is 35.5 Å². The zero-order valence-corrected chi connectivity index (χ0v) is 20.3. The number of hydrogen-bond donors (Lipinski definition) is 0. The van der Waals surface area contributed by atoms with E-state index in [-0.39, 0.29) is 0 Å². The topological polar surface area (TPSA) is 36.9 Å². The van der Waals surface area contributed by atoms with Gasteiger partial charge in [-0.3, -0.25) is 0 Å². The first kappa shape index (κ1) is 21.0. The lowest BCUT2D eigenvalue weighted by Gasteiger charge is -2.51. The predicted octanol–water partition coefficient (Wildman–Crippen LogP) is 5.79. The van der Waals surface area contributed by atoms with Gasteiger partial charge < -0.3 is 18.6 Å². The Morgan fingerprint density at radius 2 is 1.66 bits per heavy atom. The summed E-state index contributed by atoms with van der Waals surface area (Å²) in [6, 6.07) is 2.24. The number of hydrogen-bond acceptors (Lipinski definition) is 4. The number of benzene rings is 1. The van der Waals surface area contributed by atoms with Crippen molar-refractivity contribution in [1.29, 1.82) is 0 Å². The summed E-state index contributed by atoms with van der Waals surface area (Å²) < 4.78 is 23.8. The zero-order chi connectivity index (χ0) is 21.0. The van der Waals surface area contributed by atoms with Crippen LogP contribution in [-0.2, 0) is 10.8 Å². The summed E-state index contributed by atoms with van der Waals surface area (Å²) in [5.41, 5.74) is 3.11. The average molecular weight is 419 g/mol. The fourth-order valence-corrected chi connectivity index (χ4v) is 8.02. The van der Waals surface area contributed by atoms with E-state index in [0.29, 0.717) is 17.4 Å². The molecule has 2 saturated carbocycles. The van der Waals surface area contributed by atoms with E-state index in [4.69, 9.17) is 18.6 Å². The normalized spacial score (nSPS) is 33.5. The van der Waals surface area contributed by atoms with Crippen molar-refractivity contribution in [3.8, 4) is 17.2 Å². The maximum Gasteiger partial charge on any atom is 0.203 e. The first-order chi connectivity index (χ1) is 13.7. The van der Waals surface area contributed by atoms with Gasteiger partial charge in [-0.2, -0.15) is 0 Å². The Bertz CT molecular complexity index is 771. The van der Waals surface area contributed by atoms with E-state index in [1.165, 1.54) is 43.2 Å². The number of rotatable bonds is 5. The van der Waals surface area contributed by atoms with Crippen molar-refractivity contribution in [3.05, 3.63) is 17.2 Å². The van der Waals surface area contributed by atoms with Gasteiger partial charge in [-0.1, -0.05) is 6.92 Å². The molecule has 0 radical (unpaired) electrons. The molecule has 1 unspecified atom stereocenters. The lowest BCUT2D eigenvalue weighted by Crippen LogP contribution is -2.47. The molecule has 3 aliphatic carbocycles. The molecule has 3 aliphatic rings. The van der Waals surface area contributed by atoms with Gasteiger partial charge in [0.15, 0.2) is 19.8 Å². The van der Waals surface area contributed by atoms with Gasteiger partial charge >= 0.3 is 0 Å². The summed E-state index contributed by atoms with van der Waals surface area (Å²) >= 11 is 0. The minimum atomic E-state index is -1.53. The van der Waals surface area contributed by atoms with Crippen LogP contribution in [0.25, 0.3) is 0 Å². The van der Waals surface area contributed by atoms with Crippen LogP contribution in [0.4, 0.5) is 0 Å². The first-order valence-corrected chi connectivity index (χ1v) is 14.6. The molecule has 0 saturated heterocycles. The number of ether oxygens (including phenoxy) is 3. The van der Waals surface area contributed by atoms with Crippen LogP contribution in [0.2, 0.25) is 19.6 Å². The molecule has 29 heavy (non-hydrogen) atoms. The van der Waals surface area contributed by atoms with Gasteiger partial charge in [-0.15, -0.1) is 0 Å². The quantitative estimate of drug-likeness (QED) is 0.567. The smallest absolute Gasteiger partial charge is 0.203 e. The summed E-state index contributed by atoms with van der Waals surface area (Å²) in [6.07, 6.45) is 7.78. The SMILES string of the molecule is COc1cc2c(c(OC)c1OC)CC[C@@H]1[C@@H]2CC[C@]2(C)C(O[Si](C)(C)C)CC[C@@H]12. The first-order valence-electron chi connectivity index (χ1n) is 11.2. The van der Waals surface area contributed by atoms with E-state index in [1.54, 1.807) is 21.3 Å². The standard InChI is InChI=1S/C24H38O4Si/c1-24-13-12-15-16(19(24)10-11-21(24)28-29(5,6)7)8-9-17-18(15)14-20(25-2)23(27-4)22(17)26-3/h14-16,19,21H,8-13H2,1-7H3/t15-,16+,19-,21?,24-/m0/s1. The molecule has 4 nitrogen and oxygen atoms in total. The predicted molar refractivity (Wildman–Crippen MR) is 119 cm³/mol. The Morgan fingerprint density at radius 1 is 0.931 bits per heavy atom. The molecule has 2 fully saturated rings. The van der Waals surface area contributed by atoms with Crippen molar-refractivity contribution < 1.29 is 18.6 Å². The summed E-state index contributed by atoms with van der Waals surface area (Å²) in [7, 11) is 3.63. The van der Waals surface area contributed by atoms with Gasteiger partial charge in [0.2, 0.25) is 5.75 Å². The summed E-state index contributed by atoms with van der Waals surface area (Å²) in [5, 5.41) is 0. The van der Waals surface area contributed by atoms with Crippen LogP contribution in [0, 0.1) is 17.3 Å². The Balaban J connectivity index is 1.69. The van der Waals surface area contributed by atoms with Crippen LogP contribution in [0.3, 0.4) is 0 Å². The molecule has 0 spiro atoms. The van der Waals surface area contributed by atoms with E-state index in [2.05, 4.69) is 32.6 Å².